The second-order valence-corrected chi connectivity index (χ2v) is 7.56. The van der Waals surface area contributed by atoms with Crippen LogP contribution in [0.2, 0.25) is 5.02 Å². The summed E-state index contributed by atoms with van der Waals surface area (Å²) in [6.45, 7) is 3.17. The molecule has 0 aliphatic heterocycles. The number of aromatic amines is 1. The molecule has 0 saturated carbocycles. The second kappa shape index (κ2) is 12.2. The van der Waals surface area contributed by atoms with E-state index in [4.69, 9.17) is 26.8 Å². The molecule has 11 heteroatoms. The maximum atomic E-state index is 12.6. The third-order valence-electron chi connectivity index (χ3n) is 4.88. The van der Waals surface area contributed by atoms with Gasteiger partial charge in [-0.15, -0.1) is 0 Å². The van der Waals surface area contributed by atoms with Gasteiger partial charge in [-0.05, 0) is 24.6 Å². The minimum Gasteiger partial charge on any atom is -0.495 e. The number of nitrogens with one attached hydrogen (secondary N) is 2. The van der Waals surface area contributed by atoms with Gasteiger partial charge in [-0.1, -0.05) is 24.9 Å². The number of anilines is 3. The molecule has 176 valence electrons. The van der Waals surface area contributed by atoms with Crippen LogP contribution in [0.5, 0.6) is 5.75 Å². The molecule has 2 rings (SSSR count). The highest BCUT2D eigenvalue weighted by Gasteiger charge is 2.20. The van der Waals surface area contributed by atoms with Crippen molar-refractivity contribution in [3.8, 4) is 5.75 Å². The maximum Gasteiger partial charge on any atom is 0.330 e. The van der Waals surface area contributed by atoms with Gasteiger partial charge in [0.05, 0.1) is 19.4 Å². The Balaban J connectivity index is 2.24. The summed E-state index contributed by atoms with van der Waals surface area (Å²) in [4.78, 5) is 41.4. The Kier molecular flexibility index (Phi) is 9.61. The number of hydrogen-bond acceptors (Lipinski definition) is 7. The zero-order chi connectivity index (χ0) is 23.7. The number of carbonyl (C=O) groups excluding carboxylic acids is 1. The summed E-state index contributed by atoms with van der Waals surface area (Å²) in [5, 5.41) is 3.22. The van der Waals surface area contributed by atoms with E-state index in [-0.39, 0.29) is 30.4 Å². The molecular formula is C21H30ClN5O5. The van der Waals surface area contributed by atoms with Gasteiger partial charge in [0.1, 0.15) is 17.3 Å². The fourth-order valence-corrected chi connectivity index (χ4v) is 3.36. The van der Waals surface area contributed by atoms with Crippen LogP contribution in [-0.2, 0) is 16.1 Å². The van der Waals surface area contributed by atoms with Crippen LogP contribution >= 0.6 is 11.6 Å². The SMILES string of the molecule is CCCCn1c(N)c(N(CCOC)CCC(=O)Nc2cc(Cl)ccc2OC)c(=O)[nH]c1=O. The molecule has 4 N–H and O–H groups in total. The Morgan fingerprint density at radius 1 is 1.28 bits per heavy atom. The molecule has 0 saturated heterocycles. The van der Waals surface area contributed by atoms with Crippen molar-refractivity contribution in [2.24, 2.45) is 0 Å². The number of benzene rings is 1. The highest BCUT2D eigenvalue weighted by molar-refractivity contribution is 6.31. The van der Waals surface area contributed by atoms with Crippen LogP contribution in [0, 0.1) is 0 Å². The number of amides is 1. The van der Waals surface area contributed by atoms with Gasteiger partial charge < -0.3 is 25.4 Å². The van der Waals surface area contributed by atoms with Crippen molar-refractivity contribution < 1.29 is 14.3 Å². The predicted octanol–water partition coefficient (Wildman–Crippen LogP) is 2.06. The van der Waals surface area contributed by atoms with Gasteiger partial charge in [-0.3, -0.25) is 19.1 Å². The van der Waals surface area contributed by atoms with E-state index in [1.807, 2.05) is 6.92 Å². The van der Waals surface area contributed by atoms with Crippen molar-refractivity contribution in [2.75, 3.05) is 49.9 Å². The van der Waals surface area contributed by atoms with Gasteiger partial charge in [-0.2, -0.15) is 0 Å². The number of unbranched alkanes of at least 4 members (excludes halogenated alkanes) is 1. The lowest BCUT2D eigenvalue weighted by atomic mass is 10.2. The van der Waals surface area contributed by atoms with Crippen LogP contribution in [0.15, 0.2) is 27.8 Å². The molecule has 32 heavy (non-hydrogen) atoms. The fourth-order valence-electron chi connectivity index (χ4n) is 3.19. The molecule has 0 atom stereocenters. The molecule has 0 spiro atoms. The van der Waals surface area contributed by atoms with Crippen LogP contribution in [-0.4, -0.2) is 49.4 Å². The van der Waals surface area contributed by atoms with Crippen LogP contribution in [0.1, 0.15) is 26.2 Å². The third kappa shape index (κ3) is 6.51. The van der Waals surface area contributed by atoms with Crippen molar-refractivity contribution in [1.82, 2.24) is 9.55 Å². The standard InChI is InChI=1S/C21H30ClN5O5/c1-4-5-9-27-19(23)18(20(29)25-21(27)30)26(11-12-31-2)10-8-17(28)24-15-13-14(22)6-7-16(15)32-3/h6-7,13H,4-5,8-12,23H2,1-3H3,(H,24,28)(H,25,29,30). The van der Waals surface area contributed by atoms with Crippen molar-refractivity contribution >= 4 is 34.7 Å². The molecule has 0 bridgehead atoms. The first-order valence-electron chi connectivity index (χ1n) is 10.3. The summed E-state index contributed by atoms with van der Waals surface area (Å²) < 4.78 is 11.7. The summed E-state index contributed by atoms with van der Waals surface area (Å²) in [5.41, 5.74) is 5.64. The number of nitrogen functional groups attached to an aromatic ring is 1. The van der Waals surface area contributed by atoms with E-state index in [9.17, 15) is 14.4 Å². The molecule has 10 nitrogen and oxygen atoms in total. The molecule has 0 fully saturated rings. The molecule has 1 heterocycles. The molecule has 2 aromatic rings. The monoisotopic (exact) mass is 467 g/mol. The molecule has 1 amide bonds. The Morgan fingerprint density at radius 2 is 2.03 bits per heavy atom. The van der Waals surface area contributed by atoms with E-state index < -0.39 is 11.2 Å². The minimum absolute atomic E-state index is 0.0480. The van der Waals surface area contributed by atoms with Gasteiger partial charge >= 0.3 is 5.69 Å². The van der Waals surface area contributed by atoms with Gasteiger partial charge in [0.15, 0.2) is 0 Å². The van der Waals surface area contributed by atoms with Crippen LogP contribution in [0.4, 0.5) is 17.2 Å². The number of methoxy groups -OCH3 is 2. The number of H-pyrrole nitrogens is 1. The zero-order valence-corrected chi connectivity index (χ0v) is 19.3. The minimum atomic E-state index is -0.603. The molecular weight excluding hydrogens is 438 g/mol. The second-order valence-electron chi connectivity index (χ2n) is 7.12. The topological polar surface area (TPSA) is 132 Å². The van der Waals surface area contributed by atoms with Gasteiger partial charge in [0, 0.05) is 38.2 Å². The number of nitrogens with zero attached hydrogens (tertiary/aromatic N) is 2. The van der Waals surface area contributed by atoms with Crippen LogP contribution in [0.3, 0.4) is 0 Å². The van der Waals surface area contributed by atoms with Gasteiger partial charge in [0.25, 0.3) is 5.56 Å². The number of halogens is 1. The fraction of sp³-hybridized carbons (Fsp3) is 0.476. The van der Waals surface area contributed by atoms with Gasteiger partial charge in [-0.25, -0.2) is 4.79 Å². The van der Waals surface area contributed by atoms with E-state index in [0.717, 1.165) is 12.8 Å². The molecule has 0 aliphatic rings. The summed E-state index contributed by atoms with van der Waals surface area (Å²) >= 11 is 6.01. The van der Waals surface area contributed by atoms with Gasteiger partial charge in [0.2, 0.25) is 5.91 Å². The number of aromatic nitrogens is 2. The summed E-state index contributed by atoms with van der Waals surface area (Å²) in [5.74, 6) is 0.241. The highest BCUT2D eigenvalue weighted by atomic mass is 35.5. The van der Waals surface area contributed by atoms with Crippen molar-refractivity contribution in [2.45, 2.75) is 32.7 Å². The molecule has 1 aromatic heterocycles. The number of ether oxygens (including phenoxy) is 2. The Labute approximate surface area is 191 Å². The summed E-state index contributed by atoms with van der Waals surface area (Å²) in [7, 11) is 3.03. The first kappa shape index (κ1) is 25.3. The van der Waals surface area contributed by atoms with E-state index >= 15 is 0 Å². The van der Waals surface area contributed by atoms with E-state index in [1.54, 1.807) is 23.1 Å². The summed E-state index contributed by atoms with van der Waals surface area (Å²) in [6.07, 6.45) is 1.64. The average Bonchev–Trinajstić information content (AvgIpc) is 2.75. The largest absolute Gasteiger partial charge is 0.495 e. The number of carbonyl (C=O) groups is 1. The smallest absolute Gasteiger partial charge is 0.330 e. The molecule has 1 aromatic carbocycles. The molecule has 0 unspecified atom stereocenters. The zero-order valence-electron chi connectivity index (χ0n) is 18.6. The van der Waals surface area contributed by atoms with E-state index in [1.165, 1.54) is 18.8 Å². The Bertz CT molecular complexity index is 1040. The lowest BCUT2D eigenvalue weighted by Crippen LogP contribution is -2.40. The van der Waals surface area contributed by atoms with Crippen molar-refractivity contribution in [1.29, 1.82) is 0 Å². The van der Waals surface area contributed by atoms with E-state index in [2.05, 4.69) is 10.3 Å². The molecule has 0 radical (unpaired) electrons. The lowest BCUT2D eigenvalue weighted by Gasteiger charge is -2.26. The highest BCUT2D eigenvalue weighted by Crippen LogP contribution is 2.27. The molecule has 0 aliphatic carbocycles. The summed E-state index contributed by atoms with van der Waals surface area (Å²) in [6, 6.07) is 4.90. The first-order chi connectivity index (χ1) is 15.3. The first-order valence-corrected chi connectivity index (χ1v) is 10.7. The predicted molar refractivity (Wildman–Crippen MR) is 126 cm³/mol. The quantitative estimate of drug-likeness (QED) is 0.435. The maximum absolute atomic E-state index is 12.6. The lowest BCUT2D eigenvalue weighted by molar-refractivity contribution is -0.116. The van der Waals surface area contributed by atoms with E-state index in [0.29, 0.717) is 36.2 Å². The van der Waals surface area contributed by atoms with Crippen LogP contribution < -0.4 is 31.9 Å². The number of hydrogen-bond donors (Lipinski definition) is 3. The van der Waals surface area contributed by atoms with Crippen molar-refractivity contribution in [3.63, 3.8) is 0 Å². The average molecular weight is 468 g/mol. The third-order valence-corrected chi connectivity index (χ3v) is 5.11. The Hall–Kier alpha value is -2.98. The van der Waals surface area contributed by atoms with Crippen molar-refractivity contribution in [3.05, 3.63) is 44.1 Å². The Morgan fingerprint density at radius 3 is 2.69 bits per heavy atom. The normalized spacial score (nSPS) is 10.8. The van der Waals surface area contributed by atoms with Crippen LogP contribution in [0.25, 0.3) is 0 Å². The number of nitrogens with two attached hydrogens (primary N) is 1. The number of rotatable bonds is 12.